The van der Waals surface area contributed by atoms with Gasteiger partial charge in [0.2, 0.25) is 0 Å². The summed E-state index contributed by atoms with van der Waals surface area (Å²) in [5.41, 5.74) is 0. The summed E-state index contributed by atoms with van der Waals surface area (Å²) >= 11 is 0. The minimum absolute atomic E-state index is 0.130. The zero-order chi connectivity index (χ0) is 12.8. The minimum Gasteiger partial charge on any atom is -0.465 e. The van der Waals surface area contributed by atoms with Crippen molar-refractivity contribution < 1.29 is 31.8 Å². The van der Waals surface area contributed by atoms with Crippen molar-refractivity contribution >= 4 is 14.1 Å². The molecule has 0 aromatic rings. The van der Waals surface area contributed by atoms with Gasteiger partial charge in [0.25, 0.3) is 0 Å². The van der Waals surface area contributed by atoms with E-state index in [-0.39, 0.29) is 6.61 Å². The highest BCUT2D eigenvalue weighted by Crippen LogP contribution is 2.24. The Kier molecular flexibility index (Phi) is 6.47. The Morgan fingerprint density at radius 1 is 1.50 bits per heavy atom. The molecule has 0 radical (unpaired) electrons. The summed E-state index contributed by atoms with van der Waals surface area (Å²) in [4.78, 5) is 11.0. The van der Waals surface area contributed by atoms with Crippen LogP contribution < -0.4 is 5.09 Å². The monoisotopic (exact) mass is 262 g/mol. The number of ether oxygens (including phenoxy) is 1. The van der Waals surface area contributed by atoms with Crippen LogP contribution in [0.1, 0.15) is 13.8 Å². The Bertz CT molecular complexity index is 259. The molecule has 0 rings (SSSR count). The van der Waals surface area contributed by atoms with Gasteiger partial charge >= 0.3 is 20.3 Å². The molecule has 0 aromatic heterocycles. The molecule has 0 saturated carbocycles. The van der Waals surface area contributed by atoms with Gasteiger partial charge in [-0.05, 0) is 18.4 Å². The molecule has 0 amide bonds. The van der Waals surface area contributed by atoms with E-state index in [1.807, 2.05) is 5.09 Å². The molecule has 5 nitrogen and oxygen atoms in total. The second-order valence-corrected chi connectivity index (χ2v) is 3.78. The van der Waals surface area contributed by atoms with Crippen molar-refractivity contribution in [3.63, 3.8) is 0 Å². The predicted molar refractivity (Wildman–Crippen MR) is 48.8 cm³/mol. The Morgan fingerprint density at radius 3 is 2.50 bits per heavy atom. The molecule has 0 saturated heterocycles. The number of halogens is 3. The highest BCUT2D eigenvalue weighted by Gasteiger charge is 2.35. The first-order valence-corrected chi connectivity index (χ1v) is 5.53. The first-order valence-electron chi connectivity index (χ1n) is 4.36. The molecule has 16 heavy (non-hydrogen) atoms. The Labute approximate surface area is 91.2 Å². The molecular formula is C7H12F3NO4P+. The Balaban J connectivity index is 3.92. The summed E-state index contributed by atoms with van der Waals surface area (Å²) < 4.78 is 54.4. The molecule has 94 valence electrons. The minimum atomic E-state index is -4.56. The summed E-state index contributed by atoms with van der Waals surface area (Å²) in [7, 11) is -2.75. The van der Waals surface area contributed by atoms with E-state index in [0.717, 1.165) is 0 Å². The maximum atomic E-state index is 11.7. The second kappa shape index (κ2) is 6.78. The lowest BCUT2D eigenvalue weighted by Crippen LogP contribution is -2.31. The van der Waals surface area contributed by atoms with Crippen molar-refractivity contribution in [1.82, 2.24) is 5.09 Å². The molecule has 0 aliphatic heterocycles. The van der Waals surface area contributed by atoms with Gasteiger partial charge in [0, 0.05) is 0 Å². The van der Waals surface area contributed by atoms with Crippen LogP contribution in [0.5, 0.6) is 0 Å². The van der Waals surface area contributed by atoms with Crippen LogP contribution in [-0.4, -0.2) is 31.4 Å². The largest absolute Gasteiger partial charge is 0.614 e. The van der Waals surface area contributed by atoms with Gasteiger partial charge in [-0.25, -0.2) is 0 Å². The van der Waals surface area contributed by atoms with Crippen LogP contribution in [0.3, 0.4) is 0 Å². The highest BCUT2D eigenvalue weighted by atomic mass is 31.1. The van der Waals surface area contributed by atoms with Crippen molar-refractivity contribution in [2.24, 2.45) is 0 Å². The first kappa shape index (κ1) is 15.3. The van der Waals surface area contributed by atoms with Crippen molar-refractivity contribution in [3.05, 3.63) is 0 Å². The summed E-state index contributed by atoms with van der Waals surface area (Å²) in [5, 5.41) is 2.05. The van der Waals surface area contributed by atoms with Crippen LogP contribution >= 0.6 is 8.18 Å². The molecule has 0 spiro atoms. The van der Waals surface area contributed by atoms with Crippen molar-refractivity contribution in [3.8, 4) is 0 Å². The van der Waals surface area contributed by atoms with Crippen molar-refractivity contribution in [1.29, 1.82) is 0 Å². The normalized spacial score (nSPS) is 14.4. The molecule has 0 bridgehead atoms. The van der Waals surface area contributed by atoms with E-state index in [0.29, 0.717) is 0 Å². The van der Waals surface area contributed by atoms with Gasteiger partial charge in [0.1, 0.15) is 6.04 Å². The fourth-order valence-electron chi connectivity index (χ4n) is 0.647. The highest BCUT2D eigenvalue weighted by molar-refractivity contribution is 7.36. The fraction of sp³-hybridized carbons (Fsp3) is 0.857. The van der Waals surface area contributed by atoms with Crippen LogP contribution in [-0.2, 0) is 18.6 Å². The van der Waals surface area contributed by atoms with E-state index in [1.165, 1.54) is 6.92 Å². The molecule has 2 unspecified atom stereocenters. The maximum Gasteiger partial charge on any atom is 0.614 e. The lowest BCUT2D eigenvalue weighted by atomic mass is 10.4. The molecule has 0 heterocycles. The topological polar surface area (TPSA) is 64.6 Å². The summed E-state index contributed by atoms with van der Waals surface area (Å²) in [6, 6.07) is -0.989. The van der Waals surface area contributed by atoms with Gasteiger partial charge in [-0.2, -0.15) is 13.2 Å². The average Bonchev–Trinajstić information content (AvgIpc) is 2.14. The lowest BCUT2D eigenvalue weighted by molar-refractivity contribution is -0.152. The molecule has 0 aliphatic carbocycles. The number of alkyl halides is 3. The summed E-state index contributed by atoms with van der Waals surface area (Å²) in [6.45, 7) is 1.38. The number of rotatable bonds is 6. The number of carbonyl (C=O) groups is 1. The van der Waals surface area contributed by atoms with Gasteiger partial charge in [-0.3, -0.25) is 4.79 Å². The number of hydrogen-bond acceptors (Lipinski definition) is 4. The molecule has 0 fully saturated rings. The average molecular weight is 262 g/mol. The van der Waals surface area contributed by atoms with Crippen LogP contribution in [0.2, 0.25) is 0 Å². The third kappa shape index (κ3) is 7.56. The standard InChI is InChI=1S/C7H12F3NO4P/c1-3-14-6(12)5(2)11-16(13)15-4-7(8,9)10/h5H,3-4H2,1-2H3,(H,11,13)/q+1. The van der Waals surface area contributed by atoms with Gasteiger partial charge < -0.3 is 4.74 Å². The van der Waals surface area contributed by atoms with E-state index in [2.05, 4.69) is 9.26 Å². The molecule has 1 N–H and O–H groups in total. The zero-order valence-corrected chi connectivity index (χ0v) is 9.60. The number of hydrogen-bond donors (Lipinski definition) is 1. The second-order valence-electron chi connectivity index (χ2n) is 2.75. The van der Waals surface area contributed by atoms with E-state index >= 15 is 0 Å². The van der Waals surface area contributed by atoms with E-state index in [1.54, 1.807) is 6.92 Å². The van der Waals surface area contributed by atoms with Gasteiger partial charge in [-0.15, -0.1) is 4.52 Å². The molecule has 2 atom stereocenters. The first-order chi connectivity index (χ1) is 7.26. The molecule has 0 aromatic carbocycles. The maximum absolute atomic E-state index is 11.7. The third-order valence-electron chi connectivity index (χ3n) is 1.28. The van der Waals surface area contributed by atoms with Gasteiger partial charge in [0.15, 0.2) is 6.61 Å². The number of esters is 1. The van der Waals surface area contributed by atoms with E-state index < -0.39 is 33.0 Å². The van der Waals surface area contributed by atoms with Gasteiger partial charge in [0.05, 0.1) is 6.61 Å². The Morgan fingerprint density at radius 2 is 2.06 bits per heavy atom. The Hall–Kier alpha value is -0.720. The number of nitrogens with one attached hydrogen (secondary N) is 1. The smallest absolute Gasteiger partial charge is 0.465 e. The lowest BCUT2D eigenvalue weighted by Gasteiger charge is -2.05. The van der Waals surface area contributed by atoms with Crippen molar-refractivity contribution in [2.45, 2.75) is 26.1 Å². The zero-order valence-electron chi connectivity index (χ0n) is 8.71. The SMILES string of the molecule is CCOC(=O)C(C)N[P+](=O)OCC(F)(F)F. The van der Waals surface area contributed by atoms with E-state index in [9.17, 15) is 22.5 Å². The molecule has 9 heteroatoms. The van der Waals surface area contributed by atoms with Crippen LogP contribution in [0.4, 0.5) is 13.2 Å². The molecule has 0 aliphatic rings. The summed E-state index contributed by atoms with van der Waals surface area (Å²) in [6.07, 6.45) is -4.56. The van der Waals surface area contributed by atoms with Crippen LogP contribution in [0.25, 0.3) is 0 Å². The van der Waals surface area contributed by atoms with E-state index in [4.69, 9.17) is 0 Å². The van der Waals surface area contributed by atoms with Crippen LogP contribution in [0.15, 0.2) is 0 Å². The number of carbonyl (C=O) groups excluding carboxylic acids is 1. The molecular weight excluding hydrogens is 250 g/mol. The van der Waals surface area contributed by atoms with Crippen LogP contribution in [0, 0.1) is 0 Å². The quantitative estimate of drug-likeness (QED) is 0.583. The van der Waals surface area contributed by atoms with Crippen molar-refractivity contribution in [2.75, 3.05) is 13.2 Å². The van der Waals surface area contributed by atoms with Gasteiger partial charge in [-0.1, -0.05) is 5.09 Å². The predicted octanol–water partition coefficient (Wildman–Crippen LogP) is 1.76. The fourth-order valence-corrected chi connectivity index (χ4v) is 1.41. The summed E-state index contributed by atoms with van der Waals surface area (Å²) in [5.74, 6) is -0.707. The third-order valence-corrected chi connectivity index (χ3v) is 2.25.